The summed E-state index contributed by atoms with van der Waals surface area (Å²) in [5.74, 6) is 1.52. The molecule has 0 saturated heterocycles. The summed E-state index contributed by atoms with van der Waals surface area (Å²) in [6.45, 7) is 14.2. The van der Waals surface area contributed by atoms with Crippen molar-refractivity contribution in [1.82, 2.24) is 5.32 Å². The maximum Gasteiger partial charge on any atom is 0.175 e. The molecule has 1 aromatic carbocycles. The van der Waals surface area contributed by atoms with Crippen LogP contribution in [0.15, 0.2) is 28.8 Å². The first-order valence-electron chi connectivity index (χ1n) is 7.45. The van der Waals surface area contributed by atoms with Crippen LogP contribution in [0.3, 0.4) is 0 Å². The molecule has 118 valence electrons. The van der Waals surface area contributed by atoms with E-state index in [1.807, 2.05) is 13.0 Å². The average Bonchev–Trinajstić information content (AvgIpc) is 2.44. The van der Waals surface area contributed by atoms with Crippen molar-refractivity contribution in [3.05, 3.63) is 34.3 Å². The smallest absolute Gasteiger partial charge is 0.175 e. The van der Waals surface area contributed by atoms with Crippen LogP contribution in [0.4, 0.5) is 0 Å². The highest BCUT2D eigenvalue weighted by molar-refractivity contribution is 9.10. The summed E-state index contributed by atoms with van der Waals surface area (Å²) >= 11 is 3.58. The third-order valence-electron chi connectivity index (χ3n) is 3.00. The molecule has 0 spiro atoms. The van der Waals surface area contributed by atoms with Crippen LogP contribution in [0, 0.1) is 0 Å². The molecule has 1 aromatic rings. The van der Waals surface area contributed by atoms with E-state index in [9.17, 15) is 0 Å². The van der Waals surface area contributed by atoms with Gasteiger partial charge in [0.05, 0.1) is 11.1 Å². The second kappa shape index (κ2) is 9.11. The van der Waals surface area contributed by atoms with Crippen molar-refractivity contribution in [2.75, 3.05) is 13.2 Å². The SMILES string of the molecule is C=C(CC)COc1c(Br)cc(CNC(C)C)cc1OCC. The van der Waals surface area contributed by atoms with Gasteiger partial charge in [0.1, 0.15) is 6.61 Å². The first-order chi connectivity index (χ1) is 9.97. The molecule has 4 heteroatoms. The Kier molecular flexibility index (Phi) is 7.83. The van der Waals surface area contributed by atoms with Crippen molar-refractivity contribution in [3.63, 3.8) is 0 Å². The predicted molar refractivity (Wildman–Crippen MR) is 92.2 cm³/mol. The van der Waals surface area contributed by atoms with E-state index in [-0.39, 0.29) is 0 Å². The van der Waals surface area contributed by atoms with Crippen molar-refractivity contribution in [3.8, 4) is 11.5 Å². The number of benzene rings is 1. The predicted octanol–water partition coefficient (Wildman–Crippen LogP) is 4.69. The molecule has 1 N–H and O–H groups in total. The zero-order valence-electron chi connectivity index (χ0n) is 13.5. The highest BCUT2D eigenvalue weighted by Crippen LogP contribution is 2.37. The molecule has 0 heterocycles. The number of hydrogen-bond acceptors (Lipinski definition) is 3. The van der Waals surface area contributed by atoms with Crippen LogP contribution in [0.5, 0.6) is 11.5 Å². The van der Waals surface area contributed by atoms with Gasteiger partial charge < -0.3 is 14.8 Å². The van der Waals surface area contributed by atoms with E-state index in [2.05, 4.69) is 54.7 Å². The molecule has 0 aliphatic heterocycles. The minimum absolute atomic E-state index is 0.447. The molecule has 0 unspecified atom stereocenters. The Bertz CT molecular complexity index is 472. The van der Waals surface area contributed by atoms with E-state index in [1.54, 1.807) is 0 Å². The Morgan fingerprint density at radius 1 is 1.29 bits per heavy atom. The van der Waals surface area contributed by atoms with Gasteiger partial charge in [0.2, 0.25) is 0 Å². The van der Waals surface area contributed by atoms with Crippen LogP contribution in [-0.4, -0.2) is 19.3 Å². The summed E-state index contributed by atoms with van der Waals surface area (Å²) in [6.07, 6.45) is 0.915. The zero-order chi connectivity index (χ0) is 15.8. The van der Waals surface area contributed by atoms with Gasteiger partial charge in [-0.2, -0.15) is 0 Å². The second-order valence-corrected chi connectivity index (χ2v) is 6.12. The largest absolute Gasteiger partial charge is 0.490 e. The zero-order valence-corrected chi connectivity index (χ0v) is 15.0. The van der Waals surface area contributed by atoms with Crippen LogP contribution in [0.1, 0.15) is 39.7 Å². The normalized spacial score (nSPS) is 10.8. The minimum Gasteiger partial charge on any atom is -0.490 e. The number of hydrogen-bond donors (Lipinski definition) is 1. The molecule has 0 bridgehead atoms. The van der Waals surface area contributed by atoms with E-state index in [4.69, 9.17) is 9.47 Å². The van der Waals surface area contributed by atoms with E-state index < -0.39 is 0 Å². The van der Waals surface area contributed by atoms with Gasteiger partial charge in [0, 0.05) is 12.6 Å². The summed E-state index contributed by atoms with van der Waals surface area (Å²) in [7, 11) is 0. The minimum atomic E-state index is 0.447. The monoisotopic (exact) mass is 355 g/mol. The molecular weight excluding hydrogens is 330 g/mol. The van der Waals surface area contributed by atoms with E-state index in [1.165, 1.54) is 5.56 Å². The Morgan fingerprint density at radius 3 is 2.57 bits per heavy atom. The lowest BCUT2D eigenvalue weighted by Crippen LogP contribution is -2.21. The van der Waals surface area contributed by atoms with Crippen LogP contribution in [0.25, 0.3) is 0 Å². The molecule has 0 aliphatic carbocycles. The number of halogens is 1. The van der Waals surface area contributed by atoms with Crippen molar-refractivity contribution >= 4 is 15.9 Å². The molecule has 0 atom stereocenters. The lowest BCUT2D eigenvalue weighted by Gasteiger charge is -2.16. The van der Waals surface area contributed by atoms with Gasteiger partial charge in [-0.25, -0.2) is 0 Å². The van der Waals surface area contributed by atoms with Crippen molar-refractivity contribution < 1.29 is 9.47 Å². The fourth-order valence-electron chi connectivity index (χ4n) is 1.72. The molecule has 0 radical (unpaired) electrons. The molecule has 0 aliphatic rings. The van der Waals surface area contributed by atoms with Crippen LogP contribution in [-0.2, 0) is 6.54 Å². The third-order valence-corrected chi connectivity index (χ3v) is 3.59. The molecule has 21 heavy (non-hydrogen) atoms. The molecule has 0 amide bonds. The maximum absolute atomic E-state index is 5.86. The number of ether oxygens (including phenoxy) is 2. The summed E-state index contributed by atoms with van der Waals surface area (Å²) in [6, 6.07) is 4.55. The number of rotatable bonds is 9. The summed E-state index contributed by atoms with van der Waals surface area (Å²) in [5.41, 5.74) is 2.23. The molecule has 3 nitrogen and oxygen atoms in total. The van der Waals surface area contributed by atoms with E-state index in [0.29, 0.717) is 19.3 Å². The highest BCUT2D eigenvalue weighted by atomic mass is 79.9. The van der Waals surface area contributed by atoms with Crippen LogP contribution < -0.4 is 14.8 Å². The van der Waals surface area contributed by atoms with Crippen molar-refractivity contribution in [2.24, 2.45) is 0 Å². The van der Waals surface area contributed by atoms with Gasteiger partial charge in [0.25, 0.3) is 0 Å². The Hall–Kier alpha value is -1.00. The Morgan fingerprint density at radius 2 is 2.00 bits per heavy atom. The summed E-state index contributed by atoms with van der Waals surface area (Å²) < 4.78 is 12.5. The first-order valence-corrected chi connectivity index (χ1v) is 8.25. The standard InChI is InChI=1S/C17H26BrNO2/c1-6-13(5)11-21-17-15(18)8-14(10-19-12(3)4)9-16(17)20-7-2/h8-9,12,19H,5-7,10-11H2,1-4H3. The summed E-state index contributed by atoms with van der Waals surface area (Å²) in [4.78, 5) is 0. The van der Waals surface area contributed by atoms with Gasteiger partial charge in [-0.3, -0.25) is 0 Å². The fraction of sp³-hybridized carbons (Fsp3) is 0.529. The van der Waals surface area contributed by atoms with Gasteiger partial charge in [-0.15, -0.1) is 0 Å². The van der Waals surface area contributed by atoms with Gasteiger partial charge >= 0.3 is 0 Å². The van der Waals surface area contributed by atoms with Crippen molar-refractivity contribution in [2.45, 2.75) is 46.7 Å². The van der Waals surface area contributed by atoms with Crippen molar-refractivity contribution in [1.29, 1.82) is 0 Å². The molecule has 0 fully saturated rings. The highest BCUT2D eigenvalue weighted by Gasteiger charge is 2.12. The summed E-state index contributed by atoms with van der Waals surface area (Å²) in [5, 5.41) is 3.41. The topological polar surface area (TPSA) is 30.5 Å². The second-order valence-electron chi connectivity index (χ2n) is 5.27. The van der Waals surface area contributed by atoms with Gasteiger partial charge in [0.15, 0.2) is 11.5 Å². The number of nitrogens with one attached hydrogen (secondary N) is 1. The maximum atomic E-state index is 5.86. The van der Waals surface area contributed by atoms with E-state index in [0.717, 1.165) is 34.5 Å². The van der Waals surface area contributed by atoms with Gasteiger partial charge in [-0.1, -0.05) is 27.4 Å². The molecular formula is C17H26BrNO2. The van der Waals surface area contributed by atoms with Crippen LogP contribution in [0.2, 0.25) is 0 Å². The quantitative estimate of drug-likeness (QED) is 0.651. The Balaban J connectivity index is 2.92. The molecule has 0 saturated carbocycles. The van der Waals surface area contributed by atoms with Gasteiger partial charge in [-0.05, 0) is 52.5 Å². The Labute approximate surface area is 136 Å². The van der Waals surface area contributed by atoms with Crippen LogP contribution >= 0.6 is 15.9 Å². The van der Waals surface area contributed by atoms with E-state index >= 15 is 0 Å². The average molecular weight is 356 g/mol. The lowest BCUT2D eigenvalue weighted by molar-refractivity contribution is 0.290. The fourth-order valence-corrected chi connectivity index (χ4v) is 2.33. The molecule has 1 rings (SSSR count). The third kappa shape index (κ3) is 6.10. The first kappa shape index (κ1) is 18.1. The molecule has 0 aromatic heterocycles. The lowest BCUT2D eigenvalue weighted by atomic mass is 10.2.